The highest BCUT2D eigenvalue weighted by Crippen LogP contribution is 2.43. The Morgan fingerprint density at radius 2 is 1.95 bits per heavy atom. The Labute approximate surface area is 128 Å². The van der Waals surface area contributed by atoms with E-state index in [0.717, 1.165) is 16.7 Å². The number of nitrogens with zero attached hydrogens (tertiary/aromatic N) is 2. The molecule has 1 aromatic heterocycles. The van der Waals surface area contributed by atoms with Gasteiger partial charge in [0.2, 0.25) is 5.78 Å². The minimum atomic E-state index is -0.883. The van der Waals surface area contributed by atoms with Gasteiger partial charge in [-0.15, -0.1) is 0 Å². The first-order chi connectivity index (χ1) is 10.4. The molecule has 0 spiro atoms. The highest BCUT2D eigenvalue weighted by atomic mass is 16.5. The van der Waals surface area contributed by atoms with Crippen LogP contribution in [0.3, 0.4) is 0 Å². The number of anilines is 1. The van der Waals surface area contributed by atoms with Crippen LogP contribution < -0.4 is 10.5 Å². The normalized spacial score (nSPS) is 15.1. The van der Waals surface area contributed by atoms with E-state index in [-0.39, 0.29) is 11.6 Å². The van der Waals surface area contributed by atoms with Gasteiger partial charge in [-0.3, -0.25) is 4.79 Å². The first-order valence-electron chi connectivity index (χ1n) is 6.89. The molecule has 0 amide bonds. The molecule has 0 atom stereocenters. The smallest absolute Gasteiger partial charge is 0.209 e. The third kappa shape index (κ3) is 1.85. The molecule has 2 heterocycles. The number of carbonyl (C=O) groups is 1. The molecule has 0 aliphatic carbocycles. The number of pyridine rings is 1. The third-order valence-corrected chi connectivity index (χ3v) is 3.93. The molecule has 1 aromatic carbocycles. The highest BCUT2D eigenvalue weighted by molar-refractivity contribution is 6.09. The molecular weight excluding hydrogens is 278 g/mol. The Bertz CT molecular complexity index is 848. The van der Waals surface area contributed by atoms with Gasteiger partial charge in [0.25, 0.3) is 0 Å². The summed E-state index contributed by atoms with van der Waals surface area (Å²) in [6, 6.07) is 7.48. The lowest BCUT2D eigenvalue weighted by Gasteiger charge is -2.17. The number of nitriles is 1. The molecular formula is C17H15N3O2. The van der Waals surface area contributed by atoms with Crippen LogP contribution in [-0.2, 0) is 0 Å². The molecule has 22 heavy (non-hydrogen) atoms. The molecule has 2 N–H and O–H groups in total. The van der Waals surface area contributed by atoms with Crippen molar-refractivity contribution in [2.24, 2.45) is 0 Å². The van der Waals surface area contributed by atoms with Crippen molar-refractivity contribution in [1.29, 1.82) is 5.26 Å². The molecule has 1 aliphatic rings. The average Bonchev–Trinajstić information content (AvgIpc) is 2.70. The van der Waals surface area contributed by atoms with Crippen molar-refractivity contribution < 1.29 is 9.53 Å². The van der Waals surface area contributed by atoms with E-state index in [1.165, 1.54) is 0 Å². The molecule has 5 heteroatoms. The maximum absolute atomic E-state index is 12.4. The number of ether oxygens (including phenoxy) is 1. The van der Waals surface area contributed by atoms with Gasteiger partial charge < -0.3 is 10.5 Å². The fourth-order valence-electron chi connectivity index (χ4n) is 2.70. The summed E-state index contributed by atoms with van der Waals surface area (Å²) in [7, 11) is 0. The quantitative estimate of drug-likeness (QED) is 0.873. The van der Waals surface area contributed by atoms with Gasteiger partial charge >= 0.3 is 0 Å². The summed E-state index contributed by atoms with van der Waals surface area (Å²) in [5.41, 5.74) is 7.97. The largest absolute Gasteiger partial charge is 0.478 e. The number of nitrogen functional groups attached to an aromatic ring is 1. The predicted octanol–water partition coefficient (Wildman–Crippen LogP) is 2.86. The number of ketones is 1. The van der Waals surface area contributed by atoms with Crippen LogP contribution in [0.15, 0.2) is 24.4 Å². The third-order valence-electron chi connectivity index (χ3n) is 3.93. The van der Waals surface area contributed by atoms with Crippen LogP contribution in [0.5, 0.6) is 5.75 Å². The lowest BCUT2D eigenvalue weighted by atomic mass is 9.94. The second-order valence-electron chi connectivity index (χ2n) is 5.79. The first kappa shape index (κ1) is 14.1. The summed E-state index contributed by atoms with van der Waals surface area (Å²) < 4.78 is 5.86. The molecule has 0 saturated carbocycles. The second-order valence-corrected chi connectivity index (χ2v) is 5.79. The number of Topliss-reactive ketones (excluding diaryl/α,β-unsaturated/α-hetero) is 1. The SMILES string of the molecule is Cc1c(-c2cccc3c2OC(C)(C)C3=O)cnc(N)c1C#N. The van der Waals surface area contributed by atoms with Crippen LogP contribution in [0.2, 0.25) is 0 Å². The van der Waals surface area contributed by atoms with Crippen molar-refractivity contribution in [1.82, 2.24) is 4.98 Å². The zero-order valence-electron chi connectivity index (χ0n) is 12.6. The van der Waals surface area contributed by atoms with Crippen molar-refractivity contribution in [3.05, 3.63) is 41.1 Å². The van der Waals surface area contributed by atoms with Gasteiger partial charge in [-0.25, -0.2) is 4.98 Å². The number of carbonyl (C=O) groups excluding carboxylic acids is 1. The maximum Gasteiger partial charge on any atom is 0.209 e. The summed E-state index contributed by atoms with van der Waals surface area (Å²) in [4.78, 5) is 16.4. The van der Waals surface area contributed by atoms with Gasteiger partial charge in [-0.05, 0) is 32.4 Å². The minimum absolute atomic E-state index is 0.0501. The van der Waals surface area contributed by atoms with E-state index < -0.39 is 5.60 Å². The van der Waals surface area contributed by atoms with E-state index in [2.05, 4.69) is 11.1 Å². The second kappa shape index (κ2) is 4.57. The van der Waals surface area contributed by atoms with Crippen LogP contribution >= 0.6 is 0 Å². The summed E-state index contributed by atoms with van der Waals surface area (Å²) in [5.74, 6) is 0.690. The predicted molar refractivity (Wildman–Crippen MR) is 82.6 cm³/mol. The average molecular weight is 293 g/mol. The molecule has 0 fully saturated rings. The number of fused-ring (bicyclic) bond motifs is 1. The lowest BCUT2D eigenvalue weighted by molar-refractivity contribution is 0.0685. The Morgan fingerprint density at radius 1 is 1.27 bits per heavy atom. The summed E-state index contributed by atoms with van der Waals surface area (Å²) in [6.07, 6.45) is 1.61. The number of hydrogen-bond acceptors (Lipinski definition) is 5. The van der Waals surface area contributed by atoms with Crippen LogP contribution in [0.25, 0.3) is 11.1 Å². The van der Waals surface area contributed by atoms with Gasteiger partial charge in [0.15, 0.2) is 5.60 Å². The van der Waals surface area contributed by atoms with Crippen LogP contribution in [0, 0.1) is 18.3 Å². The number of rotatable bonds is 1. The van der Waals surface area contributed by atoms with Gasteiger partial charge in [-0.1, -0.05) is 12.1 Å². The van der Waals surface area contributed by atoms with Gasteiger partial charge in [0.05, 0.1) is 11.1 Å². The zero-order chi connectivity index (χ0) is 16.1. The number of para-hydroxylation sites is 1. The van der Waals surface area contributed by atoms with Crippen LogP contribution in [0.1, 0.15) is 35.3 Å². The monoisotopic (exact) mass is 293 g/mol. The van der Waals surface area contributed by atoms with Gasteiger partial charge in [0.1, 0.15) is 17.6 Å². The van der Waals surface area contributed by atoms with E-state index in [1.54, 1.807) is 32.2 Å². The van der Waals surface area contributed by atoms with Crippen molar-refractivity contribution >= 4 is 11.6 Å². The Kier molecular flexibility index (Phi) is 2.92. The summed E-state index contributed by atoms with van der Waals surface area (Å²) in [6.45, 7) is 5.30. The Balaban J connectivity index is 2.26. The van der Waals surface area contributed by atoms with Crippen molar-refractivity contribution in [3.63, 3.8) is 0 Å². The lowest BCUT2D eigenvalue weighted by Crippen LogP contribution is -2.31. The molecule has 0 radical (unpaired) electrons. The zero-order valence-corrected chi connectivity index (χ0v) is 12.6. The number of nitrogens with two attached hydrogens (primary N) is 1. The minimum Gasteiger partial charge on any atom is -0.478 e. The molecule has 0 saturated heterocycles. The Hall–Kier alpha value is -2.87. The van der Waals surface area contributed by atoms with Crippen molar-refractivity contribution in [2.45, 2.75) is 26.4 Å². The fourth-order valence-corrected chi connectivity index (χ4v) is 2.70. The summed E-state index contributed by atoms with van der Waals surface area (Å²) in [5, 5.41) is 9.23. The molecule has 0 bridgehead atoms. The standard InChI is InChI=1S/C17H15N3O2/c1-9-12(7-18)16(19)20-8-13(9)10-5-4-6-11-14(10)22-17(2,3)15(11)21/h4-6,8H,1-3H3,(H2,19,20). The van der Waals surface area contributed by atoms with E-state index in [1.807, 2.05) is 13.0 Å². The molecule has 110 valence electrons. The van der Waals surface area contributed by atoms with E-state index in [0.29, 0.717) is 16.9 Å². The Morgan fingerprint density at radius 3 is 2.64 bits per heavy atom. The van der Waals surface area contributed by atoms with E-state index in [4.69, 9.17) is 10.5 Å². The number of hydrogen-bond donors (Lipinski definition) is 1. The highest BCUT2D eigenvalue weighted by Gasteiger charge is 2.41. The van der Waals surface area contributed by atoms with E-state index >= 15 is 0 Å². The number of benzene rings is 1. The molecule has 1 aliphatic heterocycles. The van der Waals surface area contributed by atoms with Crippen molar-refractivity contribution in [2.75, 3.05) is 5.73 Å². The maximum atomic E-state index is 12.4. The summed E-state index contributed by atoms with van der Waals surface area (Å²) >= 11 is 0. The van der Waals surface area contributed by atoms with Crippen LogP contribution in [-0.4, -0.2) is 16.4 Å². The fraction of sp³-hybridized carbons (Fsp3) is 0.235. The van der Waals surface area contributed by atoms with Gasteiger partial charge in [0, 0.05) is 17.3 Å². The van der Waals surface area contributed by atoms with Crippen molar-refractivity contribution in [3.8, 4) is 22.9 Å². The molecule has 5 nitrogen and oxygen atoms in total. The van der Waals surface area contributed by atoms with Gasteiger partial charge in [-0.2, -0.15) is 5.26 Å². The first-order valence-corrected chi connectivity index (χ1v) is 6.89. The van der Waals surface area contributed by atoms with E-state index in [9.17, 15) is 10.1 Å². The molecule has 2 aromatic rings. The molecule has 3 rings (SSSR count). The molecule has 0 unspecified atom stereocenters. The van der Waals surface area contributed by atoms with Crippen LogP contribution in [0.4, 0.5) is 5.82 Å². The topological polar surface area (TPSA) is 89.0 Å². The number of aromatic nitrogens is 1.